The summed E-state index contributed by atoms with van der Waals surface area (Å²) in [5, 5.41) is 5.70. The molecule has 0 radical (unpaired) electrons. The molecule has 26 heavy (non-hydrogen) atoms. The molecule has 1 fully saturated rings. The molecule has 3 rings (SSSR count). The first-order chi connectivity index (χ1) is 12.6. The maximum absolute atomic E-state index is 12.3. The molecule has 0 aliphatic carbocycles. The number of carbonyl (C=O) groups excluding carboxylic acids is 2. The Kier molecular flexibility index (Phi) is 5.89. The summed E-state index contributed by atoms with van der Waals surface area (Å²) in [7, 11) is 0. The minimum Gasteiger partial charge on any atom is -0.339 e. The Hall–Kier alpha value is -2.82. The topological polar surface area (TPSA) is 61.4 Å². The van der Waals surface area contributed by atoms with Crippen LogP contribution in [-0.2, 0) is 0 Å². The summed E-state index contributed by atoms with van der Waals surface area (Å²) < 4.78 is 0. The van der Waals surface area contributed by atoms with Crippen molar-refractivity contribution >= 4 is 17.6 Å². The van der Waals surface area contributed by atoms with E-state index >= 15 is 0 Å². The number of nitrogens with one attached hydrogen (secondary N) is 2. The van der Waals surface area contributed by atoms with Gasteiger partial charge in [-0.25, -0.2) is 4.79 Å². The fourth-order valence-electron chi connectivity index (χ4n) is 3.12. The molecule has 1 aliphatic heterocycles. The molecule has 0 saturated carbocycles. The highest BCUT2D eigenvalue weighted by Gasteiger charge is 2.19. The maximum Gasteiger partial charge on any atom is 0.319 e. The van der Waals surface area contributed by atoms with Crippen molar-refractivity contribution in [2.45, 2.75) is 25.7 Å². The Balaban J connectivity index is 1.49. The number of hydrogen-bond acceptors (Lipinski definition) is 2. The Labute approximate surface area is 154 Å². The van der Waals surface area contributed by atoms with Crippen molar-refractivity contribution in [2.75, 3.05) is 25.0 Å². The third-order valence-corrected chi connectivity index (χ3v) is 4.72. The second-order valence-corrected chi connectivity index (χ2v) is 6.72. The summed E-state index contributed by atoms with van der Waals surface area (Å²) in [5.74, 6) is 0.303. The number of carbonyl (C=O) groups is 2. The van der Waals surface area contributed by atoms with E-state index < -0.39 is 0 Å². The second kappa shape index (κ2) is 8.52. The van der Waals surface area contributed by atoms with Crippen LogP contribution < -0.4 is 10.6 Å². The van der Waals surface area contributed by atoms with Crippen LogP contribution in [0, 0.1) is 0 Å². The Morgan fingerprint density at radius 2 is 1.65 bits per heavy atom. The van der Waals surface area contributed by atoms with E-state index in [2.05, 4.69) is 29.7 Å². The molecule has 136 valence electrons. The Bertz CT molecular complexity index is 738. The van der Waals surface area contributed by atoms with Gasteiger partial charge in [0.2, 0.25) is 0 Å². The number of benzene rings is 2. The third-order valence-electron chi connectivity index (χ3n) is 4.72. The van der Waals surface area contributed by atoms with Gasteiger partial charge in [-0.1, -0.05) is 37.3 Å². The maximum atomic E-state index is 12.3. The Morgan fingerprint density at radius 1 is 1.00 bits per heavy atom. The van der Waals surface area contributed by atoms with Crippen LogP contribution in [0.1, 0.15) is 41.6 Å². The second-order valence-electron chi connectivity index (χ2n) is 6.72. The number of amides is 3. The van der Waals surface area contributed by atoms with E-state index in [0.717, 1.165) is 25.9 Å². The fourth-order valence-corrected chi connectivity index (χ4v) is 3.12. The molecular formula is C21H25N3O2. The molecule has 2 aromatic carbocycles. The SMILES string of the molecule is C[C@H](CNC(=O)Nc1ccc(C(=O)N2CCCC2)cc1)c1ccccc1. The standard InChI is InChI=1S/C21H25N3O2/c1-16(17-7-3-2-4-8-17)15-22-21(26)23-19-11-9-18(10-12-19)20(25)24-13-5-6-14-24/h2-4,7-12,16H,5-6,13-15H2,1H3,(H2,22,23,26)/t16-/m1/s1. The molecule has 2 N–H and O–H groups in total. The van der Waals surface area contributed by atoms with Gasteiger partial charge in [0.15, 0.2) is 0 Å². The highest BCUT2D eigenvalue weighted by molar-refractivity contribution is 5.95. The van der Waals surface area contributed by atoms with Gasteiger partial charge in [-0.3, -0.25) is 4.79 Å². The van der Waals surface area contributed by atoms with Crippen LogP contribution in [-0.4, -0.2) is 36.5 Å². The molecule has 1 atom stereocenters. The van der Waals surface area contributed by atoms with E-state index in [9.17, 15) is 9.59 Å². The van der Waals surface area contributed by atoms with Crippen LogP contribution in [0.15, 0.2) is 54.6 Å². The van der Waals surface area contributed by atoms with Crippen molar-refractivity contribution < 1.29 is 9.59 Å². The molecule has 1 saturated heterocycles. The van der Waals surface area contributed by atoms with Crippen molar-refractivity contribution in [1.82, 2.24) is 10.2 Å². The number of rotatable bonds is 5. The summed E-state index contributed by atoms with van der Waals surface area (Å²) in [6.07, 6.45) is 2.15. The summed E-state index contributed by atoms with van der Waals surface area (Å²) in [4.78, 5) is 26.3. The molecule has 0 aromatic heterocycles. The van der Waals surface area contributed by atoms with Gasteiger partial charge < -0.3 is 15.5 Å². The average molecular weight is 351 g/mol. The van der Waals surface area contributed by atoms with E-state index in [-0.39, 0.29) is 17.9 Å². The van der Waals surface area contributed by atoms with Gasteiger partial charge in [-0.2, -0.15) is 0 Å². The first-order valence-corrected chi connectivity index (χ1v) is 9.12. The monoisotopic (exact) mass is 351 g/mol. The molecule has 0 bridgehead atoms. The molecule has 0 unspecified atom stereocenters. The lowest BCUT2D eigenvalue weighted by atomic mass is 10.0. The van der Waals surface area contributed by atoms with E-state index in [1.165, 1.54) is 5.56 Å². The summed E-state index contributed by atoms with van der Waals surface area (Å²) in [6.45, 7) is 4.30. The van der Waals surface area contributed by atoms with Gasteiger partial charge in [0.05, 0.1) is 0 Å². The zero-order valence-corrected chi connectivity index (χ0v) is 15.1. The summed E-state index contributed by atoms with van der Waals surface area (Å²) >= 11 is 0. The molecule has 2 aromatic rings. The lowest BCUT2D eigenvalue weighted by Crippen LogP contribution is -2.31. The number of anilines is 1. The quantitative estimate of drug-likeness (QED) is 0.859. The minimum absolute atomic E-state index is 0.0650. The van der Waals surface area contributed by atoms with Crippen molar-refractivity contribution in [3.8, 4) is 0 Å². The number of likely N-dealkylation sites (tertiary alicyclic amines) is 1. The molecule has 5 heteroatoms. The Morgan fingerprint density at radius 3 is 2.31 bits per heavy atom. The highest BCUT2D eigenvalue weighted by atomic mass is 16.2. The predicted octanol–water partition coefficient (Wildman–Crippen LogP) is 3.85. The van der Waals surface area contributed by atoms with E-state index in [1.54, 1.807) is 24.3 Å². The van der Waals surface area contributed by atoms with Crippen LogP contribution in [0.25, 0.3) is 0 Å². The van der Waals surface area contributed by atoms with Crippen LogP contribution in [0.2, 0.25) is 0 Å². The highest BCUT2D eigenvalue weighted by Crippen LogP contribution is 2.16. The smallest absolute Gasteiger partial charge is 0.319 e. The predicted molar refractivity (Wildman–Crippen MR) is 103 cm³/mol. The van der Waals surface area contributed by atoms with Gasteiger partial charge >= 0.3 is 6.03 Å². The van der Waals surface area contributed by atoms with Gasteiger partial charge in [0.1, 0.15) is 0 Å². The molecule has 3 amide bonds. The van der Waals surface area contributed by atoms with Crippen molar-refractivity contribution in [3.05, 3.63) is 65.7 Å². The molecule has 1 aliphatic rings. The lowest BCUT2D eigenvalue weighted by Gasteiger charge is -2.16. The summed E-state index contributed by atoms with van der Waals surface area (Å²) in [5.41, 5.74) is 2.53. The molecular weight excluding hydrogens is 326 g/mol. The van der Waals surface area contributed by atoms with Gasteiger partial charge in [0.25, 0.3) is 5.91 Å². The van der Waals surface area contributed by atoms with Gasteiger partial charge in [0, 0.05) is 30.9 Å². The number of hydrogen-bond donors (Lipinski definition) is 2. The minimum atomic E-state index is -0.244. The molecule has 0 spiro atoms. The fraction of sp³-hybridized carbons (Fsp3) is 0.333. The third kappa shape index (κ3) is 4.63. The average Bonchev–Trinajstić information content (AvgIpc) is 3.21. The molecule has 1 heterocycles. The van der Waals surface area contributed by atoms with Gasteiger partial charge in [-0.05, 0) is 48.6 Å². The van der Waals surface area contributed by atoms with Crippen molar-refractivity contribution in [2.24, 2.45) is 0 Å². The number of nitrogens with zero attached hydrogens (tertiary/aromatic N) is 1. The zero-order valence-electron chi connectivity index (χ0n) is 15.1. The van der Waals surface area contributed by atoms with Crippen molar-refractivity contribution in [1.29, 1.82) is 0 Å². The van der Waals surface area contributed by atoms with Crippen LogP contribution >= 0.6 is 0 Å². The summed E-state index contributed by atoms with van der Waals surface area (Å²) in [6, 6.07) is 16.9. The van der Waals surface area contributed by atoms with Gasteiger partial charge in [-0.15, -0.1) is 0 Å². The van der Waals surface area contributed by atoms with E-state index in [0.29, 0.717) is 17.8 Å². The first-order valence-electron chi connectivity index (χ1n) is 9.12. The zero-order chi connectivity index (χ0) is 18.4. The van der Waals surface area contributed by atoms with Crippen LogP contribution in [0.5, 0.6) is 0 Å². The number of urea groups is 1. The molecule has 5 nitrogen and oxygen atoms in total. The normalized spacial score (nSPS) is 14.7. The van der Waals surface area contributed by atoms with Crippen LogP contribution in [0.4, 0.5) is 10.5 Å². The largest absolute Gasteiger partial charge is 0.339 e. The van der Waals surface area contributed by atoms with Crippen LogP contribution in [0.3, 0.4) is 0 Å². The van der Waals surface area contributed by atoms with E-state index in [4.69, 9.17) is 0 Å². The lowest BCUT2D eigenvalue weighted by molar-refractivity contribution is 0.0793. The first kappa shape index (κ1) is 18.0. The van der Waals surface area contributed by atoms with Crippen molar-refractivity contribution in [3.63, 3.8) is 0 Å². The van der Waals surface area contributed by atoms with E-state index in [1.807, 2.05) is 23.1 Å².